The summed E-state index contributed by atoms with van der Waals surface area (Å²) < 4.78 is 5.30. The SMILES string of the molecule is CC(C)(C)c1cc2cocc2cc1C(C)(C)C. The van der Waals surface area contributed by atoms with Crippen LogP contribution >= 0.6 is 0 Å². The van der Waals surface area contributed by atoms with Crippen molar-refractivity contribution in [1.29, 1.82) is 0 Å². The van der Waals surface area contributed by atoms with Gasteiger partial charge in [-0.25, -0.2) is 0 Å². The Morgan fingerprint density at radius 1 is 0.706 bits per heavy atom. The molecule has 0 amide bonds. The van der Waals surface area contributed by atoms with Crippen LogP contribution in [-0.2, 0) is 10.8 Å². The summed E-state index contributed by atoms with van der Waals surface area (Å²) in [6.45, 7) is 13.6. The molecule has 1 nitrogen and oxygen atoms in total. The molecule has 0 spiro atoms. The van der Waals surface area contributed by atoms with E-state index < -0.39 is 0 Å². The van der Waals surface area contributed by atoms with E-state index in [1.807, 2.05) is 12.5 Å². The quantitative estimate of drug-likeness (QED) is 0.618. The standard InChI is InChI=1S/C16H22O/c1-15(2,3)13-7-11-9-17-10-12(11)8-14(13)16(4,5)6/h7-10H,1-6H3. The van der Waals surface area contributed by atoms with Gasteiger partial charge in [-0.15, -0.1) is 0 Å². The Morgan fingerprint density at radius 2 is 1.06 bits per heavy atom. The zero-order chi connectivity index (χ0) is 12.8. The topological polar surface area (TPSA) is 13.1 Å². The molecule has 0 N–H and O–H groups in total. The first-order valence-corrected chi connectivity index (χ1v) is 6.20. The van der Waals surface area contributed by atoms with E-state index in [1.54, 1.807) is 0 Å². The van der Waals surface area contributed by atoms with Crippen molar-refractivity contribution in [3.8, 4) is 0 Å². The Bertz CT molecular complexity index is 485. The molecular formula is C16H22O. The van der Waals surface area contributed by atoms with Crippen LogP contribution in [0.5, 0.6) is 0 Å². The van der Waals surface area contributed by atoms with E-state index >= 15 is 0 Å². The number of fused-ring (bicyclic) bond motifs is 1. The summed E-state index contributed by atoms with van der Waals surface area (Å²) in [7, 11) is 0. The minimum Gasteiger partial charge on any atom is -0.471 e. The average molecular weight is 230 g/mol. The van der Waals surface area contributed by atoms with E-state index in [0.29, 0.717) is 0 Å². The van der Waals surface area contributed by atoms with Crippen LogP contribution in [0.2, 0.25) is 0 Å². The minimum atomic E-state index is 0.161. The highest BCUT2D eigenvalue weighted by atomic mass is 16.3. The Hall–Kier alpha value is -1.24. The summed E-state index contributed by atoms with van der Waals surface area (Å²) in [5.74, 6) is 0. The van der Waals surface area contributed by atoms with Gasteiger partial charge in [0.05, 0.1) is 12.5 Å². The largest absolute Gasteiger partial charge is 0.471 e. The van der Waals surface area contributed by atoms with E-state index in [9.17, 15) is 0 Å². The first-order chi connectivity index (χ1) is 7.69. The van der Waals surface area contributed by atoms with Gasteiger partial charge >= 0.3 is 0 Å². The van der Waals surface area contributed by atoms with Gasteiger partial charge < -0.3 is 4.42 Å². The summed E-state index contributed by atoms with van der Waals surface area (Å²) >= 11 is 0. The predicted molar refractivity (Wildman–Crippen MR) is 73.6 cm³/mol. The number of rotatable bonds is 0. The van der Waals surface area contributed by atoms with Gasteiger partial charge in [-0.1, -0.05) is 41.5 Å². The average Bonchev–Trinajstić information content (AvgIpc) is 2.59. The second-order valence-corrected chi connectivity index (χ2v) is 6.90. The molecule has 1 heterocycles. The number of furan rings is 1. The molecule has 0 bridgehead atoms. The van der Waals surface area contributed by atoms with Crippen molar-refractivity contribution >= 4 is 10.8 Å². The molecule has 0 radical (unpaired) electrons. The Morgan fingerprint density at radius 3 is 1.35 bits per heavy atom. The summed E-state index contributed by atoms with van der Waals surface area (Å²) in [5, 5.41) is 2.39. The second kappa shape index (κ2) is 3.63. The van der Waals surface area contributed by atoms with Crippen molar-refractivity contribution in [3.63, 3.8) is 0 Å². The van der Waals surface area contributed by atoms with Crippen LogP contribution in [0, 0.1) is 0 Å². The summed E-state index contributed by atoms with van der Waals surface area (Å²) in [4.78, 5) is 0. The fraction of sp³-hybridized carbons (Fsp3) is 0.500. The summed E-state index contributed by atoms with van der Waals surface area (Å²) in [6.07, 6.45) is 3.66. The van der Waals surface area contributed by atoms with Gasteiger partial charge in [0.25, 0.3) is 0 Å². The molecule has 1 aromatic carbocycles. The van der Waals surface area contributed by atoms with Gasteiger partial charge in [0.15, 0.2) is 0 Å². The third-order valence-electron chi connectivity index (χ3n) is 3.23. The molecule has 0 unspecified atom stereocenters. The molecule has 0 atom stereocenters. The zero-order valence-electron chi connectivity index (χ0n) is 11.7. The first kappa shape index (κ1) is 12.2. The molecule has 1 aromatic heterocycles. The van der Waals surface area contributed by atoms with Crippen molar-refractivity contribution in [2.75, 3.05) is 0 Å². The predicted octanol–water partition coefficient (Wildman–Crippen LogP) is 5.03. The highest BCUT2D eigenvalue weighted by Crippen LogP contribution is 2.36. The maximum absolute atomic E-state index is 5.30. The molecular weight excluding hydrogens is 208 g/mol. The van der Waals surface area contributed by atoms with Crippen LogP contribution < -0.4 is 0 Å². The maximum Gasteiger partial charge on any atom is 0.0981 e. The molecule has 0 saturated carbocycles. The van der Waals surface area contributed by atoms with Crippen LogP contribution in [-0.4, -0.2) is 0 Å². The monoisotopic (exact) mass is 230 g/mol. The van der Waals surface area contributed by atoms with E-state index in [0.717, 1.165) is 0 Å². The lowest BCUT2D eigenvalue weighted by Gasteiger charge is -2.30. The summed E-state index contributed by atoms with van der Waals surface area (Å²) in [6, 6.07) is 4.55. The lowest BCUT2D eigenvalue weighted by molar-refractivity contribution is 0.531. The number of hydrogen-bond acceptors (Lipinski definition) is 1. The van der Waals surface area contributed by atoms with E-state index in [-0.39, 0.29) is 10.8 Å². The van der Waals surface area contributed by atoms with Crippen LogP contribution in [0.25, 0.3) is 10.8 Å². The van der Waals surface area contributed by atoms with Crippen molar-refractivity contribution in [2.24, 2.45) is 0 Å². The van der Waals surface area contributed by atoms with Gasteiger partial charge in [-0.3, -0.25) is 0 Å². The lowest BCUT2D eigenvalue weighted by Crippen LogP contribution is -2.21. The lowest BCUT2D eigenvalue weighted by atomic mass is 9.74. The fourth-order valence-electron chi connectivity index (χ4n) is 2.26. The number of benzene rings is 1. The molecule has 0 aliphatic rings. The normalized spacial score (nSPS) is 13.3. The van der Waals surface area contributed by atoms with E-state index in [4.69, 9.17) is 4.42 Å². The second-order valence-electron chi connectivity index (χ2n) is 6.90. The zero-order valence-corrected chi connectivity index (χ0v) is 11.7. The maximum atomic E-state index is 5.30. The van der Waals surface area contributed by atoms with Crippen LogP contribution in [0.3, 0.4) is 0 Å². The van der Waals surface area contributed by atoms with Crippen molar-refractivity contribution in [1.82, 2.24) is 0 Å². The smallest absolute Gasteiger partial charge is 0.0981 e. The fourth-order valence-corrected chi connectivity index (χ4v) is 2.26. The Labute approximate surface area is 104 Å². The third-order valence-corrected chi connectivity index (χ3v) is 3.23. The molecule has 0 aliphatic carbocycles. The van der Waals surface area contributed by atoms with E-state index in [2.05, 4.69) is 53.7 Å². The molecule has 17 heavy (non-hydrogen) atoms. The molecule has 2 aromatic rings. The molecule has 1 heteroatoms. The van der Waals surface area contributed by atoms with Gasteiger partial charge in [0, 0.05) is 10.8 Å². The van der Waals surface area contributed by atoms with Crippen LogP contribution in [0.1, 0.15) is 52.7 Å². The van der Waals surface area contributed by atoms with Gasteiger partial charge in [0.1, 0.15) is 0 Å². The van der Waals surface area contributed by atoms with Gasteiger partial charge in [-0.05, 0) is 34.1 Å². The molecule has 0 fully saturated rings. The van der Waals surface area contributed by atoms with Crippen molar-refractivity contribution < 1.29 is 4.42 Å². The van der Waals surface area contributed by atoms with Crippen LogP contribution in [0.15, 0.2) is 29.1 Å². The van der Waals surface area contributed by atoms with Gasteiger partial charge in [0.2, 0.25) is 0 Å². The molecule has 0 aliphatic heterocycles. The molecule has 92 valence electrons. The Kier molecular flexibility index (Phi) is 2.61. The van der Waals surface area contributed by atoms with Crippen molar-refractivity contribution in [2.45, 2.75) is 52.4 Å². The van der Waals surface area contributed by atoms with Crippen LogP contribution in [0.4, 0.5) is 0 Å². The highest BCUT2D eigenvalue weighted by molar-refractivity contribution is 5.83. The molecule has 0 saturated heterocycles. The summed E-state index contributed by atoms with van der Waals surface area (Å²) in [5.41, 5.74) is 3.15. The van der Waals surface area contributed by atoms with E-state index in [1.165, 1.54) is 21.9 Å². The van der Waals surface area contributed by atoms with Crippen molar-refractivity contribution in [3.05, 3.63) is 35.8 Å². The molecule has 2 rings (SSSR count). The minimum absolute atomic E-state index is 0.161. The number of hydrogen-bond donors (Lipinski definition) is 0. The Balaban J connectivity index is 2.78. The highest BCUT2D eigenvalue weighted by Gasteiger charge is 2.25. The third kappa shape index (κ3) is 2.24. The first-order valence-electron chi connectivity index (χ1n) is 6.20. The van der Waals surface area contributed by atoms with Gasteiger partial charge in [-0.2, -0.15) is 0 Å².